The van der Waals surface area contributed by atoms with Gasteiger partial charge in [0.2, 0.25) is 11.8 Å². The van der Waals surface area contributed by atoms with Crippen LogP contribution in [-0.2, 0) is 9.59 Å². The molecule has 1 atom stereocenters. The third-order valence-electron chi connectivity index (χ3n) is 4.55. The number of hydrogen-bond acceptors (Lipinski definition) is 3. The molecular weight excluding hydrogens is 309 g/mol. The quantitative estimate of drug-likeness (QED) is 0.682. The number of para-hydroxylation sites is 1. The van der Waals surface area contributed by atoms with E-state index in [1.54, 1.807) is 18.2 Å². The standard InChI is InChI=1S/C18H26FN3O2/c19-14-8-4-5-9-15(14)21-12-16(18(20)24)22-17(23)11-10-13-6-2-1-3-7-13/h4-5,8-9,13,16,21H,1-3,6-7,10-12H2,(H2,20,24)(H,22,23)/t16-/m0/s1. The molecule has 0 radical (unpaired) electrons. The Morgan fingerprint density at radius 2 is 1.92 bits per heavy atom. The Labute approximate surface area is 142 Å². The van der Waals surface area contributed by atoms with E-state index >= 15 is 0 Å². The van der Waals surface area contributed by atoms with Crippen molar-refractivity contribution in [2.45, 2.75) is 51.0 Å². The molecule has 132 valence electrons. The van der Waals surface area contributed by atoms with Crippen molar-refractivity contribution in [3.05, 3.63) is 30.1 Å². The molecular formula is C18H26FN3O2. The maximum Gasteiger partial charge on any atom is 0.241 e. The van der Waals surface area contributed by atoms with E-state index in [-0.39, 0.29) is 18.1 Å². The van der Waals surface area contributed by atoms with Crippen molar-refractivity contribution in [3.63, 3.8) is 0 Å². The zero-order chi connectivity index (χ0) is 17.4. The van der Waals surface area contributed by atoms with E-state index in [4.69, 9.17) is 5.73 Å². The lowest BCUT2D eigenvalue weighted by Gasteiger charge is -2.22. The molecule has 1 fully saturated rings. The van der Waals surface area contributed by atoms with Crippen molar-refractivity contribution in [3.8, 4) is 0 Å². The lowest BCUT2D eigenvalue weighted by Crippen LogP contribution is -2.48. The highest BCUT2D eigenvalue weighted by molar-refractivity contribution is 5.87. The van der Waals surface area contributed by atoms with E-state index in [0.29, 0.717) is 12.3 Å². The van der Waals surface area contributed by atoms with Gasteiger partial charge < -0.3 is 16.4 Å². The molecule has 2 rings (SSSR count). The van der Waals surface area contributed by atoms with Gasteiger partial charge in [0.25, 0.3) is 0 Å². The van der Waals surface area contributed by atoms with Crippen molar-refractivity contribution in [2.24, 2.45) is 11.7 Å². The van der Waals surface area contributed by atoms with Crippen LogP contribution >= 0.6 is 0 Å². The summed E-state index contributed by atoms with van der Waals surface area (Å²) in [6.45, 7) is 0.0609. The van der Waals surface area contributed by atoms with Gasteiger partial charge in [0, 0.05) is 13.0 Å². The summed E-state index contributed by atoms with van der Waals surface area (Å²) in [6.07, 6.45) is 7.37. The number of hydrogen-bond donors (Lipinski definition) is 3. The Bertz CT molecular complexity index is 559. The minimum Gasteiger partial charge on any atom is -0.380 e. The Kier molecular flexibility index (Phi) is 7.03. The van der Waals surface area contributed by atoms with Gasteiger partial charge in [0.15, 0.2) is 0 Å². The zero-order valence-corrected chi connectivity index (χ0v) is 13.9. The number of halogens is 1. The third kappa shape index (κ3) is 5.83. The highest BCUT2D eigenvalue weighted by Crippen LogP contribution is 2.27. The molecule has 1 aromatic carbocycles. The first-order valence-electron chi connectivity index (χ1n) is 8.63. The number of carbonyl (C=O) groups is 2. The lowest BCUT2D eigenvalue weighted by atomic mass is 9.86. The van der Waals surface area contributed by atoms with Crippen LogP contribution in [0.2, 0.25) is 0 Å². The monoisotopic (exact) mass is 335 g/mol. The van der Waals surface area contributed by atoms with E-state index < -0.39 is 17.8 Å². The summed E-state index contributed by atoms with van der Waals surface area (Å²) < 4.78 is 13.6. The molecule has 1 aromatic rings. The molecule has 0 spiro atoms. The Morgan fingerprint density at radius 1 is 1.21 bits per heavy atom. The number of anilines is 1. The van der Waals surface area contributed by atoms with E-state index in [0.717, 1.165) is 6.42 Å². The summed E-state index contributed by atoms with van der Waals surface area (Å²) >= 11 is 0. The first-order valence-corrected chi connectivity index (χ1v) is 8.63. The van der Waals surface area contributed by atoms with Gasteiger partial charge in [-0.25, -0.2) is 4.39 Å². The summed E-state index contributed by atoms with van der Waals surface area (Å²) in [5, 5.41) is 5.46. The van der Waals surface area contributed by atoms with Gasteiger partial charge in [0.05, 0.1) is 5.69 Å². The summed E-state index contributed by atoms with van der Waals surface area (Å²) in [6, 6.07) is 5.30. The van der Waals surface area contributed by atoms with Crippen molar-refractivity contribution >= 4 is 17.5 Å². The molecule has 6 heteroatoms. The fourth-order valence-corrected chi connectivity index (χ4v) is 3.12. The lowest BCUT2D eigenvalue weighted by molar-refractivity contribution is -0.127. The Balaban J connectivity index is 1.78. The minimum absolute atomic E-state index is 0.0609. The van der Waals surface area contributed by atoms with Crippen LogP contribution < -0.4 is 16.4 Å². The molecule has 2 amide bonds. The highest BCUT2D eigenvalue weighted by Gasteiger charge is 2.20. The molecule has 0 unspecified atom stereocenters. The van der Waals surface area contributed by atoms with Crippen molar-refractivity contribution in [2.75, 3.05) is 11.9 Å². The average molecular weight is 335 g/mol. The molecule has 0 bridgehead atoms. The molecule has 0 aliphatic heterocycles. The fraction of sp³-hybridized carbons (Fsp3) is 0.556. The molecule has 1 saturated carbocycles. The van der Waals surface area contributed by atoms with Gasteiger partial charge in [-0.15, -0.1) is 0 Å². The normalized spacial score (nSPS) is 16.4. The van der Waals surface area contributed by atoms with E-state index in [2.05, 4.69) is 10.6 Å². The van der Waals surface area contributed by atoms with Crippen LogP contribution in [0.3, 0.4) is 0 Å². The number of nitrogens with two attached hydrogens (primary N) is 1. The molecule has 0 saturated heterocycles. The Morgan fingerprint density at radius 3 is 2.58 bits per heavy atom. The molecule has 1 aliphatic rings. The van der Waals surface area contributed by atoms with E-state index in [1.165, 1.54) is 38.2 Å². The van der Waals surface area contributed by atoms with Crippen LogP contribution in [0.25, 0.3) is 0 Å². The van der Waals surface area contributed by atoms with Crippen LogP contribution in [0.1, 0.15) is 44.9 Å². The smallest absolute Gasteiger partial charge is 0.241 e. The first-order chi connectivity index (χ1) is 11.6. The predicted molar refractivity (Wildman–Crippen MR) is 91.8 cm³/mol. The van der Waals surface area contributed by atoms with Crippen LogP contribution in [0, 0.1) is 11.7 Å². The number of benzene rings is 1. The predicted octanol–water partition coefficient (Wildman–Crippen LogP) is 2.57. The molecule has 5 nitrogen and oxygen atoms in total. The molecule has 0 aromatic heterocycles. The second kappa shape index (κ2) is 9.25. The van der Waals surface area contributed by atoms with Crippen molar-refractivity contribution in [1.29, 1.82) is 0 Å². The van der Waals surface area contributed by atoms with Gasteiger partial charge in [0.1, 0.15) is 11.9 Å². The van der Waals surface area contributed by atoms with Crippen molar-refractivity contribution in [1.82, 2.24) is 5.32 Å². The summed E-state index contributed by atoms with van der Waals surface area (Å²) in [5.41, 5.74) is 5.62. The Hall–Kier alpha value is -2.11. The minimum atomic E-state index is -0.858. The van der Waals surface area contributed by atoms with Crippen LogP contribution in [0.5, 0.6) is 0 Å². The summed E-state index contributed by atoms with van der Waals surface area (Å²) in [5.74, 6) is -0.623. The average Bonchev–Trinajstić information content (AvgIpc) is 2.58. The van der Waals surface area contributed by atoms with Crippen molar-refractivity contribution < 1.29 is 14.0 Å². The summed E-state index contributed by atoms with van der Waals surface area (Å²) in [4.78, 5) is 23.6. The maximum absolute atomic E-state index is 13.6. The second-order valence-electron chi connectivity index (χ2n) is 6.43. The number of amides is 2. The van der Waals surface area contributed by atoms with Crippen LogP contribution in [0.15, 0.2) is 24.3 Å². The third-order valence-corrected chi connectivity index (χ3v) is 4.55. The number of rotatable bonds is 8. The van der Waals surface area contributed by atoms with Gasteiger partial charge in [-0.1, -0.05) is 44.2 Å². The largest absolute Gasteiger partial charge is 0.380 e. The van der Waals surface area contributed by atoms with Gasteiger partial charge >= 0.3 is 0 Å². The van der Waals surface area contributed by atoms with Crippen LogP contribution in [0.4, 0.5) is 10.1 Å². The zero-order valence-electron chi connectivity index (χ0n) is 13.9. The second-order valence-corrected chi connectivity index (χ2v) is 6.43. The fourth-order valence-electron chi connectivity index (χ4n) is 3.12. The van der Waals surface area contributed by atoms with E-state index in [9.17, 15) is 14.0 Å². The molecule has 24 heavy (non-hydrogen) atoms. The van der Waals surface area contributed by atoms with Gasteiger partial charge in [-0.3, -0.25) is 9.59 Å². The summed E-state index contributed by atoms with van der Waals surface area (Å²) in [7, 11) is 0. The van der Waals surface area contributed by atoms with Gasteiger partial charge in [-0.2, -0.15) is 0 Å². The molecule has 0 heterocycles. The molecule has 1 aliphatic carbocycles. The number of primary amides is 1. The maximum atomic E-state index is 13.6. The van der Waals surface area contributed by atoms with Crippen LogP contribution in [-0.4, -0.2) is 24.4 Å². The highest BCUT2D eigenvalue weighted by atomic mass is 19.1. The number of carbonyl (C=O) groups excluding carboxylic acids is 2. The van der Waals surface area contributed by atoms with E-state index in [1.807, 2.05) is 0 Å². The molecule has 4 N–H and O–H groups in total. The number of nitrogens with one attached hydrogen (secondary N) is 2. The SMILES string of the molecule is NC(=O)[C@H](CNc1ccccc1F)NC(=O)CCC1CCCCC1. The topological polar surface area (TPSA) is 84.2 Å². The van der Waals surface area contributed by atoms with Gasteiger partial charge in [-0.05, 0) is 24.5 Å². The first kappa shape index (κ1) is 18.2.